The third-order valence-corrected chi connectivity index (χ3v) is 5.92. The number of hydrogen-bond acceptors (Lipinski definition) is 3. The first-order valence-corrected chi connectivity index (χ1v) is 12.1. The van der Waals surface area contributed by atoms with Crippen molar-refractivity contribution in [2.24, 2.45) is 16.3 Å². The molecule has 0 fully saturated rings. The predicted octanol–water partition coefficient (Wildman–Crippen LogP) is 7.06. The average Bonchev–Trinajstić information content (AvgIpc) is 2.82. The standard InChI is InChI=1S/C30H41N3O/c1-8-12-28(30(6,7)21-31)14-11-13-26-15-17-27(18-16-26)29(33-23(4)9-2)20-25(10-3)19-24(5)32-22-34/h8,10-18,22-25H,3,9,19-20H2,1-2,4-7H3,(H,32,34)/b12-8-,13-11+,28-14+,33-29+. The fourth-order valence-corrected chi connectivity index (χ4v) is 3.52. The van der Waals surface area contributed by atoms with Crippen LogP contribution in [0.25, 0.3) is 6.08 Å². The quantitative estimate of drug-likeness (QED) is 0.140. The molecule has 0 aliphatic rings. The van der Waals surface area contributed by atoms with Crippen molar-refractivity contribution < 1.29 is 4.79 Å². The maximum absolute atomic E-state index is 10.8. The summed E-state index contributed by atoms with van der Waals surface area (Å²) in [4.78, 5) is 15.8. The van der Waals surface area contributed by atoms with Crippen molar-refractivity contribution in [3.8, 4) is 6.07 Å². The zero-order valence-electron chi connectivity index (χ0n) is 21.7. The van der Waals surface area contributed by atoms with Gasteiger partial charge in [0, 0.05) is 17.8 Å². The van der Waals surface area contributed by atoms with E-state index in [-0.39, 0.29) is 18.0 Å². The van der Waals surface area contributed by atoms with Crippen molar-refractivity contribution in [3.63, 3.8) is 0 Å². The third-order valence-electron chi connectivity index (χ3n) is 5.92. The molecule has 0 saturated carbocycles. The zero-order valence-corrected chi connectivity index (χ0v) is 21.7. The van der Waals surface area contributed by atoms with Crippen LogP contribution in [0.3, 0.4) is 0 Å². The Kier molecular flexibility index (Phi) is 12.6. The molecular weight excluding hydrogens is 418 g/mol. The minimum absolute atomic E-state index is 0.0874. The number of nitriles is 1. The van der Waals surface area contributed by atoms with Crippen molar-refractivity contribution in [2.75, 3.05) is 0 Å². The summed E-state index contributed by atoms with van der Waals surface area (Å²) in [5.41, 5.74) is 3.70. The Hall–Kier alpha value is -3.19. The number of benzene rings is 1. The first kappa shape index (κ1) is 28.8. The van der Waals surface area contributed by atoms with Crippen LogP contribution in [0.2, 0.25) is 0 Å². The molecule has 34 heavy (non-hydrogen) atoms. The average molecular weight is 460 g/mol. The number of amides is 1. The van der Waals surface area contributed by atoms with Gasteiger partial charge in [-0.3, -0.25) is 9.79 Å². The van der Waals surface area contributed by atoms with Gasteiger partial charge in [0.05, 0.1) is 11.5 Å². The van der Waals surface area contributed by atoms with E-state index >= 15 is 0 Å². The monoisotopic (exact) mass is 459 g/mol. The minimum Gasteiger partial charge on any atom is -0.356 e. The Bertz CT molecular complexity index is 942. The van der Waals surface area contributed by atoms with Crippen molar-refractivity contribution in [3.05, 3.63) is 77.9 Å². The number of hydrogen-bond donors (Lipinski definition) is 1. The molecule has 1 amide bonds. The molecule has 1 rings (SSSR count). The van der Waals surface area contributed by atoms with E-state index in [0.29, 0.717) is 0 Å². The Morgan fingerprint density at radius 3 is 2.47 bits per heavy atom. The van der Waals surface area contributed by atoms with E-state index in [1.54, 1.807) is 0 Å². The van der Waals surface area contributed by atoms with Gasteiger partial charge in [0.25, 0.3) is 0 Å². The summed E-state index contributed by atoms with van der Waals surface area (Å²) in [6.07, 6.45) is 15.3. The summed E-state index contributed by atoms with van der Waals surface area (Å²) in [6.45, 7) is 16.1. The van der Waals surface area contributed by atoms with Crippen LogP contribution in [0.4, 0.5) is 0 Å². The van der Waals surface area contributed by atoms with Crippen LogP contribution >= 0.6 is 0 Å². The Balaban J connectivity index is 3.12. The first-order valence-electron chi connectivity index (χ1n) is 12.1. The van der Waals surface area contributed by atoms with Gasteiger partial charge in [-0.2, -0.15) is 5.26 Å². The summed E-state index contributed by atoms with van der Waals surface area (Å²) >= 11 is 0. The predicted molar refractivity (Wildman–Crippen MR) is 146 cm³/mol. The number of carbonyl (C=O) groups is 1. The summed E-state index contributed by atoms with van der Waals surface area (Å²) in [5.74, 6) is 0.225. The number of carbonyl (C=O) groups excluding carboxylic acids is 1. The second-order valence-electron chi connectivity index (χ2n) is 9.29. The maximum Gasteiger partial charge on any atom is 0.207 e. The second-order valence-corrected chi connectivity index (χ2v) is 9.29. The molecule has 0 aromatic heterocycles. The topological polar surface area (TPSA) is 65.2 Å². The van der Waals surface area contributed by atoms with Crippen molar-refractivity contribution in [2.45, 2.75) is 72.9 Å². The summed E-state index contributed by atoms with van der Waals surface area (Å²) in [6, 6.07) is 11.1. The van der Waals surface area contributed by atoms with E-state index in [1.807, 2.05) is 64.2 Å². The highest BCUT2D eigenvalue weighted by molar-refractivity contribution is 6.01. The molecule has 1 aromatic carbocycles. The van der Waals surface area contributed by atoms with Gasteiger partial charge in [-0.1, -0.05) is 67.6 Å². The van der Waals surface area contributed by atoms with Gasteiger partial charge in [0.1, 0.15) is 0 Å². The lowest BCUT2D eigenvalue weighted by Gasteiger charge is -2.19. The lowest BCUT2D eigenvalue weighted by atomic mass is 9.85. The van der Waals surface area contributed by atoms with Crippen LogP contribution in [0.5, 0.6) is 0 Å². The Labute approximate surface area is 206 Å². The molecule has 4 nitrogen and oxygen atoms in total. The lowest BCUT2D eigenvalue weighted by Crippen LogP contribution is -2.27. The first-order chi connectivity index (χ1) is 16.2. The van der Waals surface area contributed by atoms with Crippen LogP contribution < -0.4 is 5.32 Å². The molecule has 1 aromatic rings. The molecule has 1 N–H and O–H groups in total. The highest BCUT2D eigenvalue weighted by Crippen LogP contribution is 2.26. The summed E-state index contributed by atoms with van der Waals surface area (Å²) in [7, 11) is 0. The van der Waals surface area contributed by atoms with Gasteiger partial charge in [0.15, 0.2) is 0 Å². The van der Waals surface area contributed by atoms with Gasteiger partial charge in [-0.05, 0) is 76.5 Å². The molecule has 0 saturated heterocycles. The van der Waals surface area contributed by atoms with Gasteiger partial charge in [-0.25, -0.2) is 0 Å². The van der Waals surface area contributed by atoms with Gasteiger partial charge in [0.2, 0.25) is 6.41 Å². The van der Waals surface area contributed by atoms with Crippen LogP contribution in [-0.2, 0) is 4.79 Å². The molecule has 4 heteroatoms. The van der Waals surface area contributed by atoms with Crippen molar-refractivity contribution >= 4 is 18.2 Å². The van der Waals surface area contributed by atoms with Crippen LogP contribution in [0.1, 0.15) is 71.9 Å². The number of rotatable bonds is 14. The number of nitrogens with zero attached hydrogens (tertiary/aromatic N) is 2. The minimum atomic E-state index is -0.539. The van der Waals surface area contributed by atoms with E-state index in [2.05, 4.69) is 56.1 Å². The van der Waals surface area contributed by atoms with Gasteiger partial charge in [-0.15, -0.1) is 6.58 Å². The zero-order chi connectivity index (χ0) is 25.6. The lowest BCUT2D eigenvalue weighted by molar-refractivity contribution is -0.110. The highest BCUT2D eigenvalue weighted by atomic mass is 16.1. The SMILES string of the molecule is C=CC(C/C(=N\C(C)CC)c1ccc(/C=C/C=C(\C=C/C)C(C)(C)C#N)cc1)CC(C)NC=O. The molecule has 0 aliphatic heterocycles. The maximum atomic E-state index is 10.8. The number of aliphatic imine (C=N–C) groups is 1. The molecule has 0 radical (unpaired) electrons. The molecule has 0 spiro atoms. The van der Waals surface area contributed by atoms with E-state index in [9.17, 15) is 10.1 Å². The number of allylic oxidation sites excluding steroid dienone is 6. The normalized spacial score (nSPS) is 15.7. The van der Waals surface area contributed by atoms with Crippen molar-refractivity contribution in [1.82, 2.24) is 5.32 Å². The smallest absolute Gasteiger partial charge is 0.207 e. The second kappa shape index (κ2) is 14.9. The van der Waals surface area contributed by atoms with Gasteiger partial charge >= 0.3 is 0 Å². The molecular formula is C30H41N3O. The highest BCUT2D eigenvalue weighted by Gasteiger charge is 2.19. The molecule has 0 aliphatic carbocycles. The Morgan fingerprint density at radius 1 is 1.26 bits per heavy atom. The van der Waals surface area contributed by atoms with E-state index in [1.165, 1.54) is 0 Å². The van der Waals surface area contributed by atoms with Gasteiger partial charge < -0.3 is 5.32 Å². The fraction of sp³-hybridized carbons (Fsp3) is 0.433. The largest absolute Gasteiger partial charge is 0.356 e. The fourth-order valence-electron chi connectivity index (χ4n) is 3.52. The number of nitrogens with one attached hydrogen (secondary N) is 1. The molecule has 3 atom stereocenters. The Morgan fingerprint density at radius 2 is 1.94 bits per heavy atom. The molecule has 182 valence electrons. The van der Waals surface area contributed by atoms with E-state index in [4.69, 9.17) is 4.99 Å². The van der Waals surface area contributed by atoms with E-state index < -0.39 is 5.41 Å². The third kappa shape index (κ3) is 9.75. The molecule has 0 heterocycles. The summed E-state index contributed by atoms with van der Waals surface area (Å²) in [5, 5.41) is 12.3. The molecule has 3 unspecified atom stereocenters. The van der Waals surface area contributed by atoms with Crippen LogP contribution in [0, 0.1) is 22.7 Å². The van der Waals surface area contributed by atoms with Crippen LogP contribution in [0.15, 0.2) is 71.8 Å². The van der Waals surface area contributed by atoms with Crippen LogP contribution in [-0.4, -0.2) is 24.2 Å². The van der Waals surface area contributed by atoms with Crippen molar-refractivity contribution in [1.29, 1.82) is 5.26 Å². The van der Waals surface area contributed by atoms with E-state index in [0.717, 1.165) is 48.1 Å². The summed E-state index contributed by atoms with van der Waals surface area (Å²) < 4.78 is 0. The molecule has 0 bridgehead atoms.